The molecule has 4 rings (SSSR count). The second kappa shape index (κ2) is 8.80. The van der Waals surface area contributed by atoms with E-state index in [1.165, 1.54) is 6.07 Å². The summed E-state index contributed by atoms with van der Waals surface area (Å²) in [5, 5.41) is 24.7. The minimum absolute atomic E-state index is 0.0211. The van der Waals surface area contributed by atoms with E-state index >= 15 is 0 Å². The van der Waals surface area contributed by atoms with Crippen LogP contribution in [0.25, 0.3) is 0 Å². The van der Waals surface area contributed by atoms with Crippen LogP contribution < -0.4 is 10.2 Å². The van der Waals surface area contributed by atoms with Gasteiger partial charge in [0, 0.05) is 37.7 Å². The monoisotopic (exact) mass is 498 g/mol. The molecular weight excluding hydrogens is 464 g/mol. The van der Waals surface area contributed by atoms with E-state index in [4.69, 9.17) is 0 Å². The SMILES string of the molecule is CCCC(C)(C)NC(=O)C1C(=O)C[C@@H]2C[C@@H]3Cc4c(N(C)C)ccc(O)c4C(=O)C3C(=O)[C@]2(O)C1=O. The largest absolute Gasteiger partial charge is 0.507 e. The smallest absolute Gasteiger partial charge is 0.238 e. The highest BCUT2D eigenvalue weighted by Crippen LogP contribution is 2.51. The lowest BCUT2D eigenvalue weighted by molar-refractivity contribution is -0.176. The van der Waals surface area contributed by atoms with Gasteiger partial charge >= 0.3 is 0 Å². The summed E-state index contributed by atoms with van der Waals surface area (Å²) in [4.78, 5) is 68.6. The van der Waals surface area contributed by atoms with E-state index in [0.29, 0.717) is 12.0 Å². The van der Waals surface area contributed by atoms with Gasteiger partial charge in [-0.05, 0) is 56.7 Å². The molecule has 2 saturated carbocycles. The Morgan fingerprint density at radius 3 is 2.42 bits per heavy atom. The van der Waals surface area contributed by atoms with E-state index in [-0.39, 0.29) is 30.6 Å². The van der Waals surface area contributed by atoms with Crippen LogP contribution in [0, 0.1) is 23.7 Å². The van der Waals surface area contributed by atoms with Gasteiger partial charge in [-0.3, -0.25) is 24.0 Å². The van der Waals surface area contributed by atoms with Gasteiger partial charge in [0.1, 0.15) is 5.75 Å². The molecule has 2 unspecified atom stereocenters. The van der Waals surface area contributed by atoms with Gasteiger partial charge in [-0.1, -0.05) is 13.3 Å². The number of Topliss-reactive ketones (excluding diaryl/α,β-unsaturated/α-hetero) is 4. The number of hydrogen-bond donors (Lipinski definition) is 3. The lowest BCUT2D eigenvalue weighted by Crippen LogP contribution is -2.69. The minimum Gasteiger partial charge on any atom is -0.507 e. The van der Waals surface area contributed by atoms with Crippen LogP contribution >= 0.6 is 0 Å². The maximum absolute atomic E-state index is 13.7. The summed E-state index contributed by atoms with van der Waals surface area (Å²) < 4.78 is 0. The van der Waals surface area contributed by atoms with Crippen molar-refractivity contribution in [2.75, 3.05) is 19.0 Å². The zero-order valence-corrected chi connectivity index (χ0v) is 21.4. The predicted octanol–water partition coefficient (Wildman–Crippen LogP) is 1.60. The zero-order chi connectivity index (χ0) is 26.7. The fraction of sp³-hybridized carbons (Fsp3) is 0.593. The number of aliphatic hydroxyl groups is 1. The molecule has 0 spiro atoms. The van der Waals surface area contributed by atoms with Crippen molar-refractivity contribution in [3.8, 4) is 5.75 Å². The van der Waals surface area contributed by atoms with Crippen molar-refractivity contribution in [3.63, 3.8) is 0 Å². The molecule has 9 heteroatoms. The van der Waals surface area contributed by atoms with Crippen LogP contribution in [0.5, 0.6) is 5.75 Å². The fourth-order valence-electron chi connectivity index (χ4n) is 6.44. The highest BCUT2D eigenvalue weighted by molar-refractivity contribution is 6.31. The molecule has 0 aromatic heterocycles. The van der Waals surface area contributed by atoms with E-state index < -0.39 is 63.9 Å². The van der Waals surface area contributed by atoms with Crippen LogP contribution in [0.2, 0.25) is 0 Å². The highest BCUT2D eigenvalue weighted by atomic mass is 16.3. The molecule has 1 aromatic carbocycles. The minimum atomic E-state index is -2.60. The molecule has 194 valence electrons. The molecule has 9 nitrogen and oxygen atoms in total. The first-order valence-electron chi connectivity index (χ1n) is 12.5. The van der Waals surface area contributed by atoms with E-state index in [1.54, 1.807) is 34.0 Å². The first-order valence-corrected chi connectivity index (χ1v) is 12.5. The van der Waals surface area contributed by atoms with Crippen molar-refractivity contribution >= 4 is 34.7 Å². The third-order valence-electron chi connectivity index (χ3n) is 8.06. The summed E-state index contributed by atoms with van der Waals surface area (Å²) >= 11 is 0. The number of rotatable bonds is 5. The molecule has 3 aliphatic carbocycles. The van der Waals surface area contributed by atoms with Gasteiger partial charge in [0.2, 0.25) is 5.91 Å². The number of nitrogens with zero attached hydrogens (tertiary/aromatic N) is 1. The number of fused-ring (bicyclic) bond motifs is 3. The number of carbonyl (C=O) groups is 5. The molecule has 3 aliphatic rings. The summed E-state index contributed by atoms with van der Waals surface area (Å²) in [7, 11) is 3.61. The normalized spacial score (nSPS) is 29.8. The summed E-state index contributed by atoms with van der Waals surface area (Å²) in [6, 6.07) is 3.08. The molecule has 0 radical (unpaired) electrons. The van der Waals surface area contributed by atoms with Gasteiger partial charge in [-0.2, -0.15) is 0 Å². The number of benzene rings is 1. The van der Waals surface area contributed by atoms with Crippen molar-refractivity contribution in [2.45, 2.75) is 64.0 Å². The van der Waals surface area contributed by atoms with Gasteiger partial charge < -0.3 is 20.4 Å². The Labute approximate surface area is 210 Å². The van der Waals surface area contributed by atoms with Crippen molar-refractivity contribution < 1.29 is 34.2 Å². The number of aromatic hydroxyl groups is 1. The predicted molar refractivity (Wildman–Crippen MR) is 131 cm³/mol. The molecule has 1 amide bonds. The van der Waals surface area contributed by atoms with Crippen LogP contribution in [0.1, 0.15) is 62.4 Å². The molecule has 0 aliphatic heterocycles. The van der Waals surface area contributed by atoms with Crippen molar-refractivity contribution in [2.24, 2.45) is 23.7 Å². The standard InChI is InChI=1S/C27H34N2O7/c1-6-9-26(2,3)28-25(35)21-18(31)12-14-10-13-11-15-16(29(4)5)7-8-17(30)20(15)22(32)19(13)23(33)27(14,36)24(21)34/h7-8,13-14,19,21,30,36H,6,9-12H2,1-5H3,(H,28,35)/t13-,14+,19?,21?,27+/m1/s1. The molecule has 0 saturated heterocycles. The van der Waals surface area contributed by atoms with Gasteiger partial charge in [-0.15, -0.1) is 0 Å². The van der Waals surface area contributed by atoms with Crippen molar-refractivity contribution in [1.82, 2.24) is 5.32 Å². The Balaban J connectivity index is 1.71. The maximum Gasteiger partial charge on any atom is 0.238 e. The number of phenols is 1. The summed E-state index contributed by atoms with van der Waals surface area (Å²) in [5.41, 5.74) is -1.93. The fourth-order valence-corrected chi connectivity index (χ4v) is 6.44. The van der Waals surface area contributed by atoms with Crippen LogP contribution in [-0.4, -0.2) is 64.5 Å². The number of phenolic OH excluding ortho intramolecular Hbond substituents is 1. The summed E-state index contributed by atoms with van der Waals surface area (Å²) in [6.45, 7) is 5.48. The second-order valence-corrected chi connectivity index (χ2v) is 11.3. The third kappa shape index (κ3) is 3.84. The molecule has 1 aromatic rings. The van der Waals surface area contributed by atoms with Gasteiger partial charge in [0.05, 0.1) is 11.5 Å². The van der Waals surface area contributed by atoms with Crippen molar-refractivity contribution in [3.05, 3.63) is 23.3 Å². The number of amides is 1. The maximum atomic E-state index is 13.7. The van der Waals surface area contributed by atoms with Crippen LogP contribution in [0.15, 0.2) is 12.1 Å². The number of nitrogens with one attached hydrogen (secondary N) is 1. The molecule has 36 heavy (non-hydrogen) atoms. The van der Waals surface area contributed by atoms with E-state index in [0.717, 1.165) is 12.1 Å². The van der Waals surface area contributed by atoms with E-state index in [2.05, 4.69) is 5.32 Å². The lowest BCUT2D eigenvalue weighted by Gasteiger charge is -2.49. The first-order chi connectivity index (χ1) is 16.7. The number of carbonyl (C=O) groups excluding carboxylic acids is 5. The third-order valence-corrected chi connectivity index (χ3v) is 8.06. The topological polar surface area (TPSA) is 141 Å². The second-order valence-electron chi connectivity index (χ2n) is 11.3. The molecule has 3 N–H and O–H groups in total. The number of ketones is 4. The van der Waals surface area contributed by atoms with Crippen LogP contribution in [-0.2, 0) is 25.6 Å². The Bertz CT molecular complexity index is 1170. The van der Waals surface area contributed by atoms with Crippen molar-refractivity contribution in [1.29, 1.82) is 0 Å². The van der Waals surface area contributed by atoms with Gasteiger partial charge in [0.15, 0.2) is 34.7 Å². The highest BCUT2D eigenvalue weighted by Gasteiger charge is 2.66. The lowest BCUT2D eigenvalue weighted by atomic mass is 9.53. The Hall–Kier alpha value is -3.07. The molecular formula is C27H34N2O7. The number of anilines is 1. The first kappa shape index (κ1) is 26.0. The van der Waals surface area contributed by atoms with Gasteiger partial charge in [0.25, 0.3) is 0 Å². The Morgan fingerprint density at radius 2 is 1.81 bits per heavy atom. The summed E-state index contributed by atoms with van der Waals surface area (Å²) in [5.74, 6) is -9.17. The molecule has 0 bridgehead atoms. The molecule has 0 heterocycles. The average molecular weight is 499 g/mol. The van der Waals surface area contributed by atoms with Gasteiger partial charge in [-0.25, -0.2) is 0 Å². The van der Waals surface area contributed by atoms with E-state index in [9.17, 15) is 34.2 Å². The number of hydrogen-bond acceptors (Lipinski definition) is 8. The Kier molecular flexibility index (Phi) is 6.35. The Morgan fingerprint density at radius 1 is 1.14 bits per heavy atom. The van der Waals surface area contributed by atoms with Crippen LogP contribution in [0.3, 0.4) is 0 Å². The average Bonchev–Trinajstić information content (AvgIpc) is 2.75. The zero-order valence-electron chi connectivity index (χ0n) is 21.4. The molecule has 5 atom stereocenters. The van der Waals surface area contributed by atoms with Crippen LogP contribution in [0.4, 0.5) is 5.69 Å². The summed E-state index contributed by atoms with van der Waals surface area (Å²) in [6.07, 6.45) is 1.46. The van der Waals surface area contributed by atoms with E-state index in [1.807, 2.05) is 11.8 Å². The molecule has 2 fully saturated rings. The quantitative estimate of drug-likeness (QED) is 0.520.